The molecular formula is C24H21F3N6. The molecule has 1 atom stereocenters. The third kappa shape index (κ3) is 3.81. The molecule has 1 saturated carbocycles. The maximum absolute atomic E-state index is 13.2. The number of rotatable bonds is 5. The number of halogens is 3. The Morgan fingerprint density at radius 1 is 1.00 bits per heavy atom. The molecule has 1 fully saturated rings. The quantitative estimate of drug-likeness (QED) is 0.445. The van der Waals surface area contributed by atoms with Gasteiger partial charge in [-0.3, -0.25) is 4.98 Å². The Morgan fingerprint density at radius 3 is 2.70 bits per heavy atom. The first-order valence-corrected chi connectivity index (χ1v) is 11.0. The van der Waals surface area contributed by atoms with Crippen LogP contribution in [0.2, 0.25) is 0 Å². The maximum atomic E-state index is 13.2. The van der Waals surface area contributed by atoms with Gasteiger partial charge >= 0.3 is 6.18 Å². The van der Waals surface area contributed by atoms with E-state index in [-0.39, 0.29) is 11.3 Å². The molecule has 0 amide bonds. The van der Waals surface area contributed by atoms with Crippen molar-refractivity contribution in [3.8, 4) is 22.6 Å². The number of aryl methyl sites for hydroxylation is 1. The number of H-pyrrole nitrogens is 1. The maximum Gasteiger partial charge on any atom is 0.437 e. The molecule has 0 radical (unpaired) electrons. The SMILES string of the molecule is FC(F)(F)c1n[nH]nc1-c1ccnc(-c2cn(C[C@H]3CCc4ccc(C5CC5)cc43)cn2)c1. The summed E-state index contributed by atoms with van der Waals surface area (Å²) in [5.74, 6) is 1.17. The van der Waals surface area contributed by atoms with Crippen LogP contribution in [0.4, 0.5) is 13.2 Å². The molecule has 168 valence electrons. The number of pyridine rings is 1. The predicted molar refractivity (Wildman–Crippen MR) is 115 cm³/mol. The van der Waals surface area contributed by atoms with E-state index in [0.29, 0.717) is 17.3 Å². The Bertz CT molecular complexity index is 1320. The second-order valence-corrected chi connectivity index (χ2v) is 8.87. The lowest BCUT2D eigenvalue weighted by atomic mass is 9.97. The zero-order valence-corrected chi connectivity index (χ0v) is 17.7. The standard InChI is InChI=1S/C24H21F3N6/c25-24(26,27)23-22(30-32-31-23)17-7-8-28-20(10-17)21-12-33(13-29-21)11-18-6-4-15-3-5-16(9-19(15)18)14-1-2-14/h3,5,7-10,12-14,18H,1-2,4,6,11H2,(H,30,31,32)/t18-/m1/s1. The molecular weight excluding hydrogens is 429 g/mol. The lowest BCUT2D eigenvalue weighted by Crippen LogP contribution is -2.07. The molecule has 3 aromatic heterocycles. The van der Waals surface area contributed by atoms with Crippen LogP contribution in [0.15, 0.2) is 49.1 Å². The Kier molecular flexibility index (Phi) is 4.60. The molecule has 0 aliphatic heterocycles. The van der Waals surface area contributed by atoms with Crippen LogP contribution in [0.5, 0.6) is 0 Å². The van der Waals surface area contributed by atoms with Crippen LogP contribution in [-0.2, 0) is 19.1 Å². The highest BCUT2D eigenvalue weighted by molar-refractivity contribution is 5.67. The van der Waals surface area contributed by atoms with Crippen molar-refractivity contribution in [1.29, 1.82) is 0 Å². The zero-order valence-electron chi connectivity index (χ0n) is 17.7. The molecule has 33 heavy (non-hydrogen) atoms. The number of nitrogens with one attached hydrogen (secondary N) is 1. The van der Waals surface area contributed by atoms with Gasteiger partial charge in [-0.15, -0.1) is 0 Å². The van der Waals surface area contributed by atoms with Crippen LogP contribution in [0.1, 0.15) is 53.5 Å². The first kappa shape index (κ1) is 20.1. The van der Waals surface area contributed by atoms with Crippen molar-refractivity contribution in [1.82, 2.24) is 29.9 Å². The van der Waals surface area contributed by atoms with Gasteiger partial charge in [0.1, 0.15) is 11.4 Å². The summed E-state index contributed by atoms with van der Waals surface area (Å²) in [7, 11) is 0. The summed E-state index contributed by atoms with van der Waals surface area (Å²) in [5.41, 5.74) is 4.43. The van der Waals surface area contributed by atoms with E-state index in [1.54, 1.807) is 12.4 Å². The highest BCUT2D eigenvalue weighted by atomic mass is 19.4. The summed E-state index contributed by atoms with van der Waals surface area (Å²) in [6, 6.07) is 10.0. The third-order valence-corrected chi connectivity index (χ3v) is 6.60. The summed E-state index contributed by atoms with van der Waals surface area (Å²) in [6.45, 7) is 0.815. The molecule has 3 heterocycles. The minimum atomic E-state index is -4.59. The molecule has 2 aliphatic rings. The fourth-order valence-electron chi connectivity index (χ4n) is 4.76. The number of aromatic nitrogens is 6. The van der Waals surface area contributed by atoms with Crippen LogP contribution < -0.4 is 0 Å². The van der Waals surface area contributed by atoms with Crippen LogP contribution in [0, 0.1) is 0 Å². The largest absolute Gasteiger partial charge is 0.437 e. The first-order valence-electron chi connectivity index (χ1n) is 11.0. The van der Waals surface area contributed by atoms with Gasteiger partial charge in [0, 0.05) is 30.4 Å². The van der Waals surface area contributed by atoms with Crippen molar-refractivity contribution in [2.75, 3.05) is 0 Å². The second kappa shape index (κ2) is 7.54. The fourth-order valence-corrected chi connectivity index (χ4v) is 4.76. The number of imidazole rings is 1. The van der Waals surface area contributed by atoms with Crippen molar-refractivity contribution >= 4 is 0 Å². The highest BCUT2D eigenvalue weighted by Gasteiger charge is 2.38. The average molecular weight is 450 g/mol. The van der Waals surface area contributed by atoms with Gasteiger partial charge in [-0.05, 0) is 60.4 Å². The highest BCUT2D eigenvalue weighted by Crippen LogP contribution is 2.43. The molecule has 1 aromatic carbocycles. The van der Waals surface area contributed by atoms with Crippen molar-refractivity contribution in [2.24, 2.45) is 0 Å². The van der Waals surface area contributed by atoms with Crippen LogP contribution in [0.25, 0.3) is 22.6 Å². The Labute approximate surface area is 187 Å². The number of benzene rings is 1. The Balaban J connectivity index is 1.24. The molecule has 0 unspecified atom stereocenters. The number of nitrogens with zero attached hydrogens (tertiary/aromatic N) is 5. The molecule has 0 spiro atoms. The van der Waals surface area contributed by atoms with Gasteiger partial charge < -0.3 is 4.57 Å². The minimum Gasteiger partial charge on any atom is -0.336 e. The van der Waals surface area contributed by atoms with Gasteiger partial charge in [0.2, 0.25) is 0 Å². The van der Waals surface area contributed by atoms with Crippen molar-refractivity contribution < 1.29 is 13.2 Å². The van der Waals surface area contributed by atoms with Gasteiger partial charge in [-0.1, -0.05) is 18.2 Å². The first-order chi connectivity index (χ1) is 16.0. The van der Waals surface area contributed by atoms with E-state index in [0.717, 1.165) is 25.3 Å². The molecule has 2 aliphatic carbocycles. The normalized spacial score (nSPS) is 18.0. The Hall–Kier alpha value is -3.49. The van der Waals surface area contributed by atoms with E-state index < -0.39 is 11.9 Å². The molecule has 4 aromatic rings. The number of alkyl halides is 3. The van der Waals surface area contributed by atoms with E-state index in [1.807, 2.05) is 10.8 Å². The van der Waals surface area contributed by atoms with E-state index in [2.05, 4.69) is 43.6 Å². The molecule has 0 bridgehead atoms. The molecule has 1 N–H and O–H groups in total. The summed E-state index contributed by atoms with van der Waals surface area (Å²) < 4.78 is 41.7. The summed E-state index contributed by atoms with van der Waals surface area (Å²) >= 11 is 0. The van der Waals surface area contributed by atoms with Gasteiger partial charge in [0.05, 0.1) is 12.0 Å². The monoisotopic (exact) mass is 450 g/mol. The number of fused-ring (bicyclic) bond motifs is 1. The third-order valence-electron chi connectivity index (χ3n) is 6.60. The smallest absolute Gasteiger partial charge is 0.336 e. The van der Waals surface area contributed by atoms with Crippen LogP contribution in [-0.4, -0.2) is 29.9 Å². The minimum absolute atomic E-state index is 0.250. The lowest BCUT2D eigenvalue weighted by molar-refractivity contribution is -0.140. The molecule has 6 nitrogen and oxygen atoms in total. The summed E-state index contributed by atoms with van der Waals surface area (Å²) in [5, 5.41) is 9.03. The Morgan fingerprint density at radius 2 is 1.88 bits per heavy atom. The van der Waals surface area contributed by atoms with Crippen LogP contribution >= 0.6 is 0 Å². The van der Waals surface area contributed by atoms with E-state index in [9.17, 15) is 13.2 Å². The van der Waals surface area contributed by atoms with Gasteiger partial charge in [0.15, 0.2) is 5.69 Å². The van der Waals surface area contributed by atoms with Crippen LogP contribution in [0.3, 0.4) is 0 Å². The fraction of sp³-hybridized carbons (Fsp3) is 0.333. The van der Waals surface area contributed by atoms with E-state index in [4.69, 9.17) is 0 Å². The second-order valence-electron chi connectivity index (χ2n) is 8.87. The van der Waals surface area contributed by atoms with E-state index >= 15 is 0 Å². The summed E-state index contributed by atoms with van der Waals surface area (Å²) in [4.78, 5) is 8.78. The number of hydrogen-bond acceptors (Lipinski definition) is 4. The van der Waals surface area contributed by atoms with Crippen molar-refractivity contribution in [3.05, 3.63) is 71.4 Å². The van der Waals surface area contributed by atoms with Gasteiger partial charge in [0.25, 0.3) is 0 Å². The average Bonchev–Trinajstić information content (AvgIpc) is 3.20. The predicted octanol–water partition coefficient (Wildman–Crippen LogP) is 5.36. The van der Waals surface area contributed by atoms with E-state index in [1.165, 1.54) is 41.8 Å². The van der Waals surface area contributed by atoms with Crippen molar-refractivity contribution in [3.63, 3.8) is 0 Å². The summed E-state index contributed by atoms with van der Waals surface area (Å²) in [6.07, 6.45) is 5.33. The van der Waals surface area contributed by atoms with Gasteiger partial charge in [-0.2, -0.15) is 28.6 Å². The van der Waals surface area contributed by atoms with Crippen molar-refractivity contribution in [2.45, 2.75) is 50.2 Å². The molecule has 9 heteroatoms. The molecule has 6 rings (SSSR count). The number of aromatic amines is 1. The number of hydrogen-bond donors (Lipinski definition) is 1. The van der Waals surface area contributed by atoms with Gasteiger partial charge in [-0.25, -0.2) is 4.98 Å². The lowest BCUT2D eigenvalue weighted by Gasteiger charge is -2.13. The zero-order chi connectivity index (χ0) is 22.6. The molecule has 0 saturated heterocycles. The topological polar surface area (TPSA) is 72.3 Å².